The van der Waals surface area contributed by atoms with Gasteiger partial charge in [-0.05, 0) is 6.42 Å². The van der Waals surface area contributed by atoms with Crippen LogP contribution in [0.15, 0.2) is 5.38 Å². The van der Waals surface area contributed by atoms with Crippen molar-refractivity contribution in [3.05, 3.63) is 16.1 Å². The maximum absolute atomic E-state index is 11.6. The van der Waals surface area contributed by atoms with E-state index in [4.69, 9.17) is 5.11 Å². The summed E-state index contributed by atoms with van der Waals surface area (Å²) in [4.78, 5) is 14.3. The maximum atomic E-state index is 11.6. The topological polar surface area (TPSA) is 84.3 Å². The second-order valence-corrected chi connectivity index (χ2v) is 6.44. The first kappa shape index (κ1) is 13.1. The first-order valence-corrected chi connectivity index (χ1v) is 7.53. The Morgan fingerprint density at radius 2 is 2.25 bits per heavy atom. The van der Waals surface area contributed by atoms with Crippen LogP contribution in [-0.4, -0.2) is 30.2 Å². The number of aromatic nitrogens is 1. The number of hydrogen-bond acceptors (Lipinski definition) is 5. The summed E-state index contributed by atoms with van der Waals surface area (Å²) in [5.74, 6) is -1.16. The van der Waals surface area contributed by atoms with E-state index >= 15 is 0 Å². The highest BCUT2D eigenvalue weighted by Gasteiger charge is 2.15. The number of nitrogens with zero attached hydrogens (tertiary/aromatic N) is 1. The summed E-state index contributed by atoms with van der Waals surface area (Å²) >= 11 is 0.947. The van der Waals surface area contributed by atoms with Crippen molar-refractivity contribution in [2.24, 2.45) is 0 Å². The second kappa shape index (κ2) is 5.40. The molecule has 0 fully saturated rings. The molecule has 1 aromatic rings. The number of rotatable bonds is 6. The second-order valence-electron chi connectivity index (χ2n) is 3.39. The molecule has 0 aliphatic rings. The highest BCUT2D eigenvalue weighted by molar-refractivity contribution is 7.90. The summed E-state index contributed by atoms with van der Waals surface area (Å²) in [5, 5.41) is 10.0. The van der Waals surface area contributed by atoms with Crippen molar-refractivity contribution in [1.29, 1.82) is 0 Å². The van der Waals surface area contributed by atoms with Crippen LogP contribution in [0.4, 0.5) is 0 Å². The summed E-state index contributed by atoms with van der Waals surface area (Å²) in [6.45, 7) is 1.92. The Morgan fingerprint density at radius 1 is 1.56 bits per heavy atom. The van der Waals surface area contributed by atoms with Crippen LogP contribution in [0.2, 0.25) is 0 Å². The zero-order valence-corrected chi connectivity index (χ0v) is 10.5. The molecule has 0 amide bonds. The van der Waals surface area contributed by atoms with Crippen LogP contribution in [0.1, 0.15) is 35.3 Å². The molecule has 1 rings (SSSR count). The lowest BCUT2D eigenvalue weighted by atomic mass is 10.4. The molecule has 5 nitrogen and oxygen atoms in total. The molecule has 0 aliphatic heterocycles. The van der Waals surface area contributed by atoms with E-state index in [1.807, 2.05) is 6.92 Å². The Hall–Kier alpha value is -0.950. The Labute approximate surface area is 98.1 Å². The molecule has 1 N–H and O–H groups in total. The lowest BCUT2D eigenvalue weighted by Gasteiger charge is -2.00. The largest absolute Gasteiger partial charge is 0.476 e. The van der Waals surface area contributed by atoms with Gasteiger partial charge in [0.1, 0.15) is 0 Å². The van der Waals surface area contributed by atoms with Crippen LogP contribution < -0.4 is 0 Å². The summed E-state index contributed by atoms with van der Waals surface area (Å²) in [6, 6.07) is 0. The molecule has 0 saturated heterocycles. The lowest BCUT2D eigenvalue weighted by Crippen LogP contribution is -2.09. The van der Waals surface area contributed by atoms with Gasteiger partial charge in [-0.15, -0.1) is 11.3 Å². The molecule has 1 aromatic heterocycles. The minimum Gasteiger partial charge on any atom is -0.476 e. The average molecular weight is 263 g/mol. The van der Waals surface area contributed by atoms with Crippen LogP contribution in [-0.2, 0) is 15.6 Å². The van der Waals surface area contributed by atoms with Crippen molar-refractivity contribution in [2.45, 2.75) is 25.5 Å². The van der Waals surface area contributed by atoms with Gasteiger partial charge in [0.2, 0.25) is 5.01 Å². The quantitative estimate of drug-likeness (QED) is 0.841. The van der Waals surface area contributed by atoms with E-state index in [0.29, 0.717) is 12.1 Å². The Balaban J connectivity index is 2.69. The zero-order valence-electron chi connectivity index (χ0n) is 8.84. The molecule has 1 heterocycles. The van der Waals surface area contributed by atoms with E-state index in [-0.39, 0.29) is 16.5 Å². The fourth-order valence-corrected chi connectivity index (χ4v) is 3.36. The van der Waals surface area contributed by atoms with E-state index in [9.17, 15) is 13.2 Å². The summed E-state index contributed by atoms with van der Waals surface area (Å²) in [6.07, 6.45) is 1.44. The zero-order chi connectivity index (χ0) is 12.2. The van der Waals surface area contributed by atoms with Crippen LogP contribution in [0, 0.1) is 0 Å². The van der Waals surface area contributed by atoms with E-state index in [1.54, 1.807) is 0 Å². The number of carboxylic acids is 1. The number of thiazole rings is 1. The lowest BCUT2D eigenvalue weighted by molar-refractivity contribution is 0.0696. The minimum atomic E-state index is -3.16. The molecule has 0 atom stereocenters. The van der Waals surface area contributed by atoms with Crippen LogP contribution >= 0.6 is 11.3 Å². The molecule has 90 valence electrons. The summed E-state index contributed by atoms with van der Waals surface area (Å²) < 4.78 is 23.1. The van der Waals surface area contributed by atoms with Gasteiger partial charge in [0.15, 0.2) is 9.84 Å². The van der Waals surface area contributed by atoms with Crippen LogP contribution in [0.25, 0.3) is 0 Å². The van der Waals surface area contributed by atoms with Crippen LogP contribution in [0.3, 0.4) is 0 Å². The van der Waals surface area contributed by atoms with Crippen molar-refractivity contribution in [3.8, 4) is 0 Å². The third-order valence-electron chi connectivity index (χ3n) is 1.91. The monoisotopic (exact) mass is 263 g/mol. The molecule has 7 heteroatoms. The maximum Gasteiger partial charge on any atom is 0.365 e. The number of hydrogen-bond donors (Lipinski definition) is 1. The fourth-order valence-electron chi connectivity index (χ4n) is 1.13. The van der Waals surface area contributed by atoms with E-state index < -0.39 is 15.8 Å². The van der Waals surface area contributed by atoms with Crippen molar-refractivity contribution in [2.75, 3.05) is 5.75 Å². The molecular formula is C9H13NO4S2. The van der Waals surface area contributed by atoms with Crippen molar-refractivity contribution in [3.63, 3.8) is 0 Å². The SMILES string of the molecule is CCCCS(=O)(=O)Cc1csc(C(=O)O)n1. The predicted octanol–water partition coefficient (Wildman–Crippen LogP) is 1.56. The van der Waals surface area contributed by atoms with Gasteiger partial charge in [-0.1, -0.05) is 13.3 Å². The van der Waals surface area contributed by atoms with Gasteiger partial charge in [0.25, 0.3) is 0 Å². The van der Waals surface area contributed by atoms with Crippen LogP contribution in [0.5, 0.6) is 0 Å². The standard InChI is InChI=1S/C9H13NO4S2/c1-2-3-4-16(13,14)6-7-5-15-8(10-7)9(11)12/h5H,2-4,6H2,1H3,(H,11,12). The third-order valence-corrected chi connectivity index (χ3v) is 4.44. The number of carboxylic acid groups (broad SMARTS) is 1. The molecule has 0 radical (unpaired) electrons. The third kappa shape index (κ3) is 3.90. The normalized spacial score (nSPS) is 11.6. The summed E-state index contributed by atoms with van der Waals surface area (Å²) in [5.41, 5.74) is 0.318. The van der Waals surface area contributed by atoms with Gasteiger partial charge in [-0.25, -0.2) is 18.2 Å². The molecule has 0 bridgehead atoms. The fraction of sp³-hybridized carbons (Fsp3) is 0.556. The highest BCUT2D eigenvalue weighted by Crippen LogP contribution is 2.13. The smallest absolute Gasteiger partial charge is 0.365 e. The van der Waals surface area contributed by atoms with Gasteiger partial charge in [-0.2, -0.15) is 0 Å². The average Bonchev–Trinajstić information content (AvgIpc) is 2.62. The van der Waals surface area contributed by atoms with Gasteiger partial charge >= 0.3 is 5.97 Å². The van der Waals surface area contributed by atoms with Gasteiger partial charge in [0, 0.05) is 5.38 Å². The van der Waals surface area contributed by atoms with Crippen molar-refractivity contribution in [1.82, 2.24) is 4.98 Å². The van der Waals surface area contributed by atoms with E-state index in [1.165, 1.54) is 5.38 Å². The van der Waals surface area contributed by atoms with E-state index in [0.717, 1.165) is 17.8 Å². The summed E-state index contributed by atoms with van der Waals surface area (Å²) in [7, 11) is -3.16. The number of aromatic carboxylic acids is 1. The molecule has 0 unspecified atom stereocenters. The highest BCUT2D eigenvalue weighted by atomic mass is 32.2. The van der Waals surface area contributed by atoms with Crippen molar-refractivity contribution >= 4 is 27.1 Å². The molecule has 0 saturated carbocycles. The Kier molecular flexibility index (Phi) is 4.43. The minimum absolute atomic E-state index is 0.0688. The first-order valence-electron chi connectivity index (χ1n) is 4.82. The van der Waals surface area contributed by atoms with E-state index in [2.05, 4.69) is 4.98 Å². The van der Waals surface area contributed by atoms with Gasteiger partial charge in [0.05, 0.1) is 17.2 Å². The van der Waals surface area contributed by atoms with Gasteiger partial charge in [-0.3, -0.25) is 0 Å². The number of unbranched alkanes of at least 4 members (excludes halogenated alkanes) is 1. The molecule has 0 aliphatic carbocycles. The molecule has 16 heavy (non-hydrogen) atoms. The molecular weight excluding hydrogens is 250 g/mol. The first-order chi connectivity index (χ1) is 7.44. The number of carbonyl (C=O) groups is 1. The van der Waals surface area contributed by atoms with Crippen molar-refractivity contribution < 1.29 is 18.3 Å². The Morgan fingerprint density at radius 3 is 2.75 bits per heavy atom. The predicted molar refractivity (Wildman–Crippen MR) is 61.5 cm³/mol. The molecule has 0 spiro atoms. The number of sulfone groups is 1. The van der Waals surface area contributed by atoms with Gasteiger partial charge < -0.3 is 5.11 Å². The molecule has 0 aromatic carbocycles. The Bertz CT molecular complexity index is 464.